The van der Waals surface area contributed by atoms with E-state index >= 15 is 0 Å². The molecule has 2 rings (SSSR count). The molecule has 0 aliphatic heterocycles. The van der Waals surface area contributed by atoms with Gasteiger partial charge in [-0.2, -0.15) is 5.26 Å². The largest absolute Gasteiger partial charge is 0.299 e. The minimum Gasteiger partial charge on any atom is -0.299 e. The molecule has 0 N–H and O–H groups in total. The van der Waals surface area contributed by atoms with Gasteiger partial charge in [-0.1, -0.05) is 0 Å². The monoisotopic (exact) mass is 186 g/mol. The van der Waals surface area contributed by atoms with Crippen LogP contribution in [0.2, 0.25) is 0 Å². The lowest BCUT2D eigenvalue weighted by molar-refractivity contribution is 0.805. The molecule has 4 heteroatoms. The Morgan fingerprint density at radius 2 is 2.29 bits per heavy atom. The van der Waals surface area contributed by atoms with Crippen LogP contribution in [0.1, 0.15) is 11.4 Å². The third kappa shape index (κ3) is 1.23. The van der Waals surface area contributed by atoms with E-state index in [4.69, 9.17) is 5.26 Å². The van der Waals surface area contributed by atoms with E-state index in [0.717, 1.165) is 22.6 Å². The van der Waals surface area contributed by atoms with Crippen LogP contribution in [-0.2, 0) is 6.54 Å². The summed E-state index contributed by atoms with van der Waals surface area (Å²) < 4.78 is 1.81. The highest BCUT2D eigenvalue weighted by atomic mass is 15.1. The third-order valence-electron chi connectivity index (χ3n) is 2.14. The van der Waals surface area contributed by atoms with Crippen LogP contribution in [0.4, 0.5) is 0 Å². The highest BCUT2D eigenvalue weighted by Gasteiger charge is 2.07. The fourth-order valence-electron chi connectivity index (χ4n) is 1.48. The molecule has 0 spiro atoms. The number of aryl methyl sites for hydroxylation is 2. The van der Waals surface area contributed by atoms with Gasteiger partial charge < -0.3 is 0 Å². The Morgan fingerprint density at radius 3 is 3.00 bits per heavy atom. The zero-order valence-electron chi connectivity index (χ0n) is 8.15. The summed E-state index contributed by atoms with van der Waals surface area (Å²) in [6, 6.07) is 4.08. The summed E-state index contributed by atoms with van der Waals surface area (Å²) in [6.45, 7) is 4.16. The SMILES string of the molecule is Cc1cnc2c(c1)nc(C)n2CC#N. The molecule has 0 aliphatic rings. The molecule has 0 aliphatic carbocycles. The van der Waals surface area contributed by atoms with Crippen LogP contribution in [0.3, 0.4) is 0 Å². The van der Waals surface area contributed by atoms with Gasteiger partial charge in [0.2, 0.25) is 0 Å². The second kappa shape index (κ2) is 3.11. The topological polar surface area (TPSA) is 54.5 Å². The van der Waals surface area contributed by atoms with Crippen molar-refractivity contribution in [2.24, 2.45) is 0 Å². The van der Waals surface area contributed by atoms with Crippen LogP contribution >= 0.6 is 0 Å². The molecule has 2 aromatic rings. The standard InChI is InChI=1S/C10H10N4/c1-7-5-9-10(12-6-7)14(4-3-11)8(2)13-9/h5-6H,4H2,1-2H3. The number of nitriles is 1. The fraction of sp³-hybridized carbons (Fsp3) is 0.300. The Hall–Kier alpha value is -1.89. The normalized spacial score (nSPS) is 10.4. The first kappa shape index (κ1) is 8.70. The van der Waals surface area contributed by atoms with Gasteiger partial charge in [-0.05, 0) is 25.5 Å². The van der Waals surface area contributed by atoms with Crippen molar-refractivity contribution in [2.75, 3.05) is 0 Å². The minimum atomic E-state index is 0.304. The molecule has 4 nitrogen and oxygen atoms in total. The number of fused-ring (bicyclic) bond motifs is 1. The predicted octanol–water partition coefficient (Wildman–Crippen LogP) is 1.57. The summed E-state index contributed by atoms with van der Waals surface area (Å²) >= 11 is 0. The average Bonchev–Trinajstić information content (AvgIpc) is 2.43. The van der Waals surface area contributed by atoms with Crippen molar-refractivity contribution in [1.29, 1.82) is 5.26 Å². The summed E-state index contributed by atoms with van der Waals surface area (Å²) in [7, 11) is 0. The van der Waals surface area contributed by atoms with E-state index in [9.17, 15) is 0 Å². The van der Waals surface area contributed by atoms with E-state index < -0.39 is 0 Å². The van der Waals surface area contributed by atoms with Gasteiger partial charge in [0.25, 0.3) is 0 Å². The number of hydrogen-bond donors (Lipinski definition) is 0. The van der Waals surface area contributed by atoms with Crippen molar-refractivity contribution in [2.45, 2.75) is 20.4 Å². The maximum atomic E-state index is 8.65. The maximum Gasteiger partial charge on any atom is 0.160 e. The van der Waals surface area contributed by atoms with Gasteiger partial charge in [0.1, 0.15) is 17.9 Å². The number of nitrogens with zero attached hydrogens (tertiary/aromatic N) is 4. The first-order valence-corrected chi connectivity index (χ1v) is 4.39. The van der Waals surface area contributed by atoms with Gasteiger partial charge in [0.15, 0.2) is 5.65 Å². The van der Waals surface area contributed by atoms with Crippen molar-refractivity contribution in [3.63, 3.8) is 0 Å². The average molecular weight is 186 g/mol. The van der Waals surface area contributed by atoms with Gasteiger partial charge in [-0.3, -0.25) is 4.57 Å². The molecule has 0 saturated carbocycles. The molecule has 0 atom stereocenters. The minimum absolute atomic E-state index is 0.304. The van der Waals surface area contributed by atoms with Crippen molar-refractivity contribution >= 4 is 11.2 Å². The Bertz CT molecular complexity index is 519. The van der Waals surface area contributed by atoms with Crippen LogP contribution in [0, 0.1) is 25.2 Å². The van der Waals surface area contributed by atoms with Crippen LogP contribution in [0.25, 0.3) is 11.2 Å². The maximum absolute atomic E-state index is 8.65. The van der Waals surface area contributed by atoms with Crippen LogP contribution in [0.15, 0.2) is 12.3 Å². The number of imidazole rings is 1. The first-order valence-electron chi connectivity index (χ1n) is 4.39. The molecular weight excluding hydrogens is 176 g/mol. The van der Waals surface area contributed by atoms with E-state index in [1.54, 1.807) is 6.20 Å². The van der Waals surface area contributed by atoms with Gasteiger partial charge in [0, 0.05) is 6.20 Å². The van der Waals surface area contributed by atoms with E-state index in [1.807, 2.05) is 24.5 Å². The Balaban J connectivity index is 2.72. The quantitative estimate of drug-likeness (QED) is 0.679. The second-order valence-corrected chi connectivity index (χ2v) is 3.26. The Kier molecular flexibility index (Phi) is 1.93. The van der Waals surface area contributed by atoms with E-state index in [1.165, 1.54) is 0 Å². The summed E-state index contributed by atoms with van der Waals surface area (Å²) in [5.41, 5.74) is 2.73. The lowest BCUT2D eigenvalue weighted by Gasteiger charge is -1.98. The Morgan fingerprint density at radius 1 is 1.50 bits per heavy atom. The second-order valence-electron chi connectivity index (χ2n) is 3.26. The van der Waals surface area contributed by atoms with Gasteiger partial charge in [-0.15, -0.1) is 0 Å². The molecule has 0 radical (unpaired) electrons. The fourth-order valence-corrected chi connectivity index (χ4v) is 1.48. The van der Waals surface area contributed by atoms with Gasteiger partial charge >= 0.3 is 0 Å². The smallest absolute Gasteiger partial charge is 0.160 e. The molecule has 0 unspecified atom stereocenters. The van der Waals surface area contributed by atoms with E-state index in [0.29, 0.717) is 6.54 Å². The highest BCUT2D eigenvalue weighted by molar-refractivity contribution is 5.72. The van der Waals surface area contributed by atoms with Gasteiger partial charge in [0.05, 0.1) is 6.07 Å². The van der Waals surface area contributed by atoms with Crippen molar-refractivity contribution in [1.82, 2.24) is 14.5 Å². The lowest BCUT2D eigenvalue weighted by atomic mass is 10.3. The molecule has 2 heterocycles. The molecule has 14 heavy (non-hydrogen) atoms. The molecule has 0 fully saturated rings. The molecular formula is C10H10N4. The Labute approximate surface area is 81.8 Å². The first-order chi connectivity index (χ1) is 6.72. The van der Waals surface area contributed by atoms with Crippen LogP contribution in [-0.4, -0.2) is 14.5 Å². The summed E-state index contributed by atoms with van der Waals surface area (Å²) in [4.78, 5) is 8.61. The van der Waals surface area contributed by atoms with Crippen molar-refractivity contribution in [3.8, 4) is 6.07 Å². The molecule has 70 valence electrons. The van der Waals surface area contributed by atoms with Gasteiger partial charge in [-0.25, -0.2) is 9.97 Å². The molecule has 0 aromatic carbocycles. The highest BCUT2D eigenvalue weighted by Crippen LogP contribution is 2.14. The number of hydrogen-bond acceptors (Lipinski definition) is 3. The molecule has 2 aromatic heterocycles. The number of rotatable bonds is 1. The van der Waals surface area contributed by atoms with Crippen LogP contribution in [0.5, 0.6) is 0 Å². The third-order valence-corrected chi connectivity index (χ3v) is 2.14. The molecule has 0 bridgehead atoms. The molecule has 0 amide bonds. The zero-order chi connectivity index (χ0) is 10.1. The van der Waals surface area contributed by atoms with E-state index in [2.05, 4.69) is 16.0 Å². The number of aromatic nitrogens is 3. The lowest BCUT2D eigenvalue weighted by Crippen LogP contribution is -1.99. The zero-order valence-corrected chi connectivity index (χ0v) is 8.15. The van der Waals surface area contributed by atoms with Crippen LogP contribution < -0.4 is 0 Å². The molecule has 0 saturated heterocycles. The van der Waals surface area contributed by atoms with Crippen molar-refractivity contribution < 1.29 is 0 Å². The summed E-state index contributed by atoms with van der Waals surface area (Å²) in [6.07, 6.45) is 1.79. The number of pyridine rings is 1. The predicted molar refractivity (Wildman–Crippen MR) is 52.6 cm³/mol. The van der Waals surface area contributed by atoms with E-state index in [-0.39, 0.29) is 0 Å². The summed E-state index contributed by atoms with van der Waals surface area (Å²) in [5, 5.41) is 8.65. The van der Waals surface area contributed by atoms with Crippen molar-refractivity contribution in [3.05, 3.63) is 23.7 Å². The summed E-state index contributed by atoms with van der Waals surface area (Å²) in [5.74, 6) is 0.833.